The maximum Gasteiger partial charge on any atom is 0.266 e. The van der Waals surface area contributed by atoms with Crippen molar-refractivity contribution in [2.45, 2.75) is 19.9 Å². The van der Waals surface area contributed by atoms with Crippen LogP contribution in [0.2, 0.25) is 0 Å². The predicted octanol–water partition coefficient (Wildman–Crippen LogP) is 2.78. The average Bonchev–Trinajstić information content (AvgIpc) is 2.96. The largest absolute Gasteiger partial charge is 0.418 e. The zero-order valence-electron chi connectivity index (χ0n) is 11.3. The lowest BCUT2D eigenvalue weighted by atomic mass is 10.2. The lowest BCUT2D eigenvalue weighted by Gasteiger charge is -1.99. The number of fused-ring (bicyclic) bond motifs is 1. The van der Waals surface area contributed by atoms with Crippen LogP contribution in [-0.2, 0) is 6.54 Å². The zero-order valence-corrected chi connectivity index (χ0v) is 11.3. The Kier molecular flexibility index (Phi) is 3.69. The van der Waals surface area contributed by atoms with Crippen LogP contribution < -0.4 is 5.32 Å². The van der Waals surface area contributed by atoms with Gasteiger partial charge in [0, 0.05) is 5.39 Å². The summed E-state index contributed by atoms with van der Waals surface area (Å²) in [5.74, 6) is 1.05. The molecule has 0 spiro atoms. The third-order valence-corrected chi connectivity index (χ3v) is 2.99. The number of para-hydroxylation sites is 1. The second kappa shape index (κ2) is 5.79. The molecule has 5 heteroatoms. The number of nitrogens with one attached hydrogen (secondary N) is 1. The van der Waals surface area contributed by atoms with Gasteiger partial charge in [0.2, 0.25) is 5.89 Å². The van der Waals surface area contributed by atoms with Gasteiger partial charge in [-0.25, -0.2) is 4.98 Å². The van der Waals surface area contributed by atoms with Gasteiger partial charge in [-0.1, -0.05) is 31.2 Å². The van der Waals surface area contributed by atoms with E-state index in [4.69, 9.17) is 4.42 Å². The van der Waals surface area contributed by atoms with Crippen LogP contribution in [0.1, 0.15) is 19.2 Å². The molecule has 3 rings (SSSR count). The van der Waals surface area contributed by atoms with Crippen LogP contribution in [0.3, 0.4) is 0 Å². The number of nitrogens with zero attached hydrogens (tertiary/aromatic N) is 3. The van der Waals surface area contributed by atoms with E-state index >= 15 is 0 Å². The smallest absolute Gasteiger partial charge is 0.266 e. The number of hydrogen-bond acceptors (Lipinski definition) is 5. The number of hydrogen-bond donors (Lipinski definition) is 1. The Hall–Kier alpha value is -2.27. The van der Waals surface area contributed by atoms with E-state index in [1.54, 1.807) is 0 Å². The first-order chi connectivity index (χ1) is 9.86. The standard InChI is InChI=1S/C15H16N4O/c1-2-9-16-10-14-18-19-15(20-14)13-8-7-11-5-3-4-6-12(11)17-13/h3-8,16H,2,9-10H2,1H3. The summed E-state index contributed by atoms with van der Waals surface area (Å²) in [6, 6.07) is 11.9. The van der Waals surface area contributed by atoms with E-state index in [1.165, 1.54) is 0 Å². The van der Waals surface area contributed by atoms with E-state index in [0.29, 0.717) is 24.0 Å². The molecule has 0 aliphatic heterocycles. The predicted molar refractivity (Wildman–Crippen MR) is 77.0 cm³/mol. The third-order valence-electron chi connectivity index (χ3n) is 2.99. The summed E-state index contributed by atoms with van der Waals surface area (Å²) in [5, 5.41) is 12.4. The monoisotopic (exact) mass is 268 g/mol. The van der Waals surface area contributed by atoms with Crippen LogP contribution in [0.15, 0.2) is 40.8 Å². The fourth-order valence-electron chi connectivity index (χ4n) is 1.99. The first-order valence-electron chi connectivity index (χ1n) is 6.76. The summed E-state index contributed by atoms with van der Waals surface area (Å²) < 4.78 is 5.62. The van der Waals surface area contributed by atoms with Gasteiger partial charge >= 0.3 is 0 Å². The van der Waals surface area contributed by atoms with Crippen LogP contribution in [-0.4, -0.2) is 21.7 Å². The summed E-state index contributed by atoms with van der Waals surface area (Å²) >= 11 is 0. The third kappa shape index (κ3) is 2.67. The molecule has 1 aromatic carbocycles. The van der Waals surface area contributed by atoms with E-state index in [2.05, 4.69) is 27.4 Å². The molecule has 0 bridgehead atoms. The van der Waals surface area contributed by atoms with Gasteiger partial charge in [-0.05, 0) is 25.1 Å². The maximum atomic E-state index is 5.62. The first-order valence-corrected chi connectivity index (χ1v) is 6.76. The molecule has 2 heterocycles. The van der Waals surface area contributed by atoms with E-state index < -0.39 is 0 Å². The molecule has 1 N–H and O–H groups in total. The Morgan fingerprint density at radius 2 is 2.00 bits per heavy atom. The van der Waals surface area contributed by atoms with Crippen LogP contribution in [0.5, 0.6) is 0 Å². The van der Waals surface area contributed by atoms with Crippen LogP contribution in [0.4, 0.5) is 0 Å². The molecular weight excluding hydrogens is 252 g/mol. The SMILES string of the molecule is CCCNCc1nnc(-c2ccc3ccccc3n2)o1. The second-order valence-corrected chi connectivity index (χ2v) is 4.57. The molecule has 0 radical (unpaired) electrons. The Morgan fingerprint density at radius 1 is 1.10 bits per heavy atom. The van der Waals surface area contributed by atoms with Crippen molar-refractivity contribution in [3.8, 4) is 11.6 Å². The van der Waals surface area contributed by atoms with Gasteiger partial charge in [0.25, 0.3) is 5.89 Å². The Morgan fingerprint density at radius 3 is 2.90 bits per heavy atom. The number of pyridine rings is 1. The van der Waals surface area contributed by atoms with Crippen molar-refractivity contribution in [3.63, 3.8) is 0 Å². The molecule has 0 amide bonds. The molecule has 102 valence electrons. The van der Waals surface area contributed by atoms with Crippen molar-refractivity contribution < 1.29 is 4.42 Å². The molecule has 0 saturated heterocycles. The first kappa shape index (κ1) is 12.7. The van der Waals surface area contributed by atoms with Crippen molar-refractivity contribution in [3.05, 3.63) is 42.3 Å². The van der Waals surface area contributed by atoms with Gasteiger partial charge in [0.05, 0.1) is 12.1 Å². The minimum absolute atomic E-state index is 0.462. The molecule has 0 unspecified atom stereocenters. The number of benzene rings is 1. The summed E-state index contributed by atoms with van der Waals surface area (Å²) in [7, 11) is 0. The van der Waals surface area contributed by atoms with Gasteiger partial charge in [0.15, 0.2) is 0 Å². The highest BCUT2D eigenvalue weighted by Gasteiger charge is 2.09. The van der Waals surface area contributed by atoms with E-state index in [9.17, 15) is 0 Å². The molecule has 5 nitrogen and oxygen atoms in total. The molecule has 0 fully saturated rings. The van der Waals surface area contributed by atoms with Gasteiger partial charge < -0.3 is 9.73 Å². The summed E-state index contributed by atoms with van der Waals surface area (Å²) in [6.45, 7) is 3.64. The Bertz CT molecular complexity index is 708. The highest BCUT2D eigenvalue weighted by molar-refractivity contribution is 5.80. The van der Waals surface area contributed by atoms with Gasteiger partial charge in [-0.15, -0.1) is 10.2 Å². The van der Waals surface area contributed by atoms with Crippen LogP contribution in [0.25, 0.3) is 22.5 Å². The molecule has 20 heavy (non-hydrogen) atoms. The number of rotatable bonds is 5. The lowest BCUT2D eigenvalue weighted by Crippen LogP contribution is -2.13. The van der Waals surface area contributed by atoms with Crippen LogP contribution in [0, 0.1) is 0 Å². The Balaban J connectivity index is 1.83. The number of aromatic nitrogens is 3. The normalized spacial score (nSPS) is 11.1. The summed E-state index contributed by atoms with van der Waals surface area (Å²) in [6.07, 6.45) is 1.08. The lowest BCUT2D eigenvalue weighted by molar-refractivity contribution is 0.476. The Labute approximate surface area is 117 Å². The van der Waals surface area contributed by atoms with Crippen molar-refractivity contribution >= 4 is 10.9 Å². The minimum atomic E-state index is 0.462. The maximum absolute atomic E-state index is 5.62. The molecule has 0 aliphatic rings. The highest BCUT2D eigenvalue weighted by Crippen LogP contribution is 2.19. The van der Waals surface area contributed by atoms with Crippen molar-refractivity contribution in [1.29, 1.82) is 0 Å². The van der Waals surface area contributed by atoms with E-state index in [0.717, 1.165) is 23.9 Å². The van der Waals surface area contributed by atoms with E-state index in [-0.39, 0.29) is 0 Å². The molecule has 2 aromatic heterocycles. The average molecular weight is 268 g/mol. The molecule has 3 aromatic rings. The van der Waals surface area contributed by atoms with Crippen molar-refractivity contribution in [2.75, 3.05) is 6.54 Å². The molecular formula is C15H16N4O. The topological polar surface area (TPSA) is 63.8 Å². The molecule has 0 atom stereocenters. The summed E-state index contributed by atoms with van der Waals surface area (Å²) in [5.41, 5.74) is 1.63. The fourth-order valence-corrected chi connectivity index (χ4v) is 1.99. The van der Waals surface area contributed by atoms with Crippen molar-refractivity contribution in [1.82, 2.24) is 20.5 Å². The summed E-state index contributed by atoms with van der Waals surface area (Å²) in [4.78, 5) is 4.54. The van der Waals surface area contributed by atoms with E-state index in [1.807, 2.05) is 36.4 Å². The molecule has 0 aliphatic carbocycles. The fraction of sp³-hybridized carbons (Fsp3) is 0.267. The van der Waals surface area contributed by atoms with Crippen molar-refractivity contribution in [2.24, 2.45) is 0 Å². The van der Waals surface area contributed by atoms with Gasteiger partial charge in [0.1, 0.15) is 5.69 Å². The molecule has 0 saturated carbocycles. The minimum Gasteiger partial charge on any atom is -0.418 e. The van der Waals surface area contributed by atoms with Crippen LogP contribution >= 0.6 is 0 Å². The second-order valence-electron chi connectivity index (χ2n) is 4.57. The van der Waals surface area contributed by atoms with Gasteiger partial charge in [-0.3, -0.25) is 0 Å². The highest BCUT2D eigenvalue weighted by atomic mass is 16.4. The zero-order chi connectivity index (χ0) is 13.8. The quantitative estimate of drug-likeness (QED) is 0.721. The van der Waals surface area contributed by atoms with Gasteiger partial charge in [-0.2, -0.15) is 0 Å².